The zero-order valence-electron chi connectivity index (χ0n) is 11.2. The minimum absolute atomic E-state index is 0.303. The lowest BCUT2D eigenvalue weighted by molar-refractivity contribution is 0.602. The summed E-state index contributed by atoms with van der Waals surface area (Å²) in [6.45, 7) is 2.75. The number of H-pyrrole nitrogens is 1. The Morgan fingerprint density at radius 2 is 1.95 bits per heavy atom. The molecule has 20 heavy (non-hydrogen) atoms. The Bertz CT molecular complexity index is 860. The molecule has 3 rings (SSSR count). The predicted molar refractivity (Wildman–Crippen MR) is 76.1 cm³/mol. The van der Waals surface area contributed by atoms with E-state index in [0.717, 1.165) is 23.3 Å². The van der Waals surface area contributed by atoms with Crippen LogP contribution in [-0.2, 0) is 16.4 Å². The molecule has 104 valence electrons. The Kier molecular flexibility index (Phi) is 2.86. The van der Waals surface area contributed by atoms with Gasteiger partial charge >= 0.3 is 0 Å². The van der Waals surface area contributed by atoms with Crippen LogP contribution in [0.1, 0.15) is 6.92 Å². The first kappa shape index (κ1) is 12.9. The number of nitrogens with one attached hydrogen (secondary N) is 1. The quantitative estimate of drug-likeness (QED) is 0.798. The minimum Gasteiger partial charge on any atom is -0.335 e. The number of aromatic nitrogens is 4. The SMILES string of the molecule is CCn1ncc2[nH]c(-c3ccc(S(C)(=O)=O)cc3)nc21. The van der Waals surface area contributed by atoms with Gasteiger partial charge in [0.25, 0.3) is 0 Å². The van der Waals surface area contributed by atoms with Crippen LogP contribution >= 0.6 is 0 Å². The molecule has 0 spiro atoms. The summed E-state index contributed by atoms with van der Waals surface area (Å²) in [7, 11) is -3.17. The molecule has 0 fully saturated rings. The van der Waals surface area contributed by atoms with Gasteiger partial charge < -0.3 is 4.98 Å². The molecule has 0 amide bonds. The van der Waals surface area contributed by atoms with Gasteiger partial charge in [-0.15, -0.1) is 0 Å². The Morgan fingerprint density at radius 1 is 1.25 bits per heavy atom. The molecule has 0 aliphatic carbocycles. The third-order valence-corrected chi connectivity index (χ3v) is 4.27. The summed E-state index contributed by atoms with van der Waals surface area (Å²) in [6, 6.07) is 6.67. The third-order valence-electron chi connectivity index (χ3n) is 3.14. The van der Waals surface area contributed by atoms with Crippen molar-refractivity contribution < 1.29 is 8.42 Å². The Hall–Kier alpha value is -2.15. The molecule has 1 N–H and O–H groups in total. The molecule has 0 saturated carbocycles. The van der Waals surface area contributed by atoms with E-state index in [0.29, 0.717) is 10.7 Å². The number of nitrogens with zero attached hydrogens (tertiary/aromatic N) is 3. The zero-order chi connectivity index (χ0) is 14.3. The van der Waals surface area contributed by atoms with E-state index in [-0.39, 0.29) is 0 Å². The van der Waals surface area contributed by atoms with E-state index in [1.807, 2.05) is 6.92 Å². The van der Waals surface area contributed by atoms with E-state index < -0.39 is 9.84 Å². The highest BCUT2D eigenvalue weighted by Crippen LogP contribution is 2.21. The molecular weight excluding hydrogens is 276 g/mol. The number of aromatic amines is 1. The normalized spacial score (nSPS) is 12.1. The lowest BCUT2D eigenvalue weighted by atomic mass is 10.2. The second-order valence-electron chi connectivity index (χ2n) is 4.58. The maximum atomic E-state index is 11.4. The Labute approximate surface area is 116 Å². The van der Waals surface area contributed by atoms with Crippen LogP contribution in [0.15, 0.2) is 35.4 Å². The van der Waals surface area contributed by atoms with Gasteiger partial charge in [0.15, 0.2) is 15.5 Å². The van der Waals surface area contributed by atoms with Gasteiger partial charge in [0, 0.05) is 18.4 Å². The number of hydrogen-bond acceptors (Lipinski definition) is 4. The van der Waals surface area contributed by atoms with Crippen molar-refractivity contribution in [3.63, 3.8) is 0 Å². The first-order valence-corrected chi connectivity index (χ1v) is 8.10. The van der Waals surface area contributed by atoms with Crippen LogP contribution in [0.25, 0.3) is 22.6 Å². The van der Waals surface area contributed by atoms with Crippen molar-refractivity contribution in [1.29, 1.82) is 0 Å². The maximum Gasteiger partial charge on any atom is 0.176 e. The zero-order valence-corrected chi connectivity index (χ0v) is 12.0. The molecule has 0 aliphatic heterocycles. The average Bonchev–Trinajstić information content (AvgIpc) is 2.97. The van der Waals surface area contributed by atoms with Gasteiger partial charge in [-0.25, -0.2) is 18.1 Å². The number of benzene rings is 1. The van der Waals surface area contributed by atoms with Crippen LogP contribution < -0.4 is 0 Å². The van der Waals surface area contributed by atoms with E-state index in [4.69, 9.17) is 0 Å². The molecule has 0 unspecified atom stereocenters. The van der Waals surface area contributed by atoms with Crippen LogP contribution in [0.3, 0.4) is 0 Å². The first-order chi connectivity index (χ1) is 9.49. The highest BCUT2D eigenvalue weighted by Gasteiger charge is 2.11. The van der Waals surface area contributed by atoms with Gasteiger partial charge in [-0.2, -0.15) is 5.10 Å². The lowest BCUT2D eigenvalue weighted by Gasteiger charge is -2.00. The van der Waals surface area contributed by atoms with Crippen molar-refractivity contribution in [3.05, 3.63) is 30.5 Å². The molecule has 0 bridgehead atoms. The Balaban J connectivity index is 2.04. The standard InChI is InChI=1S/C13H14N4O2S/c1-3-17-13-11(8-14-17)15-12(16-13)9-4-6-10(7-5-9)20(2,18)19/h4-8H,3H2,1-2H3,(H,15,16). The number of aryl methyl sites for hydroxylation is 1. The average molecular weight is 290 g/mol. The van der Waals surface area contributed by atoms with Crippen LogP contribution in [0.4, 0.5) is 0 Å². The number of fused-ring (bicyclic) bond motifs is 1. The molecule has 0 radical (unpaired) electrons. The highest BCUT2D eigenvalue weighted by atomic mass is 32.2. The maximum absolute atomic E-state index is 11.4. The van der Waals surface area contributed by atoms with Crippen molar-refractivity contribution in [2.45, 2.75) is 18.4 Å². The first-order valence-electron chi connectivity index (χ1n) is 6.21. The highest BCUT2D eigenvalue weighted by molar-refractivity contribution is 7.90. The Morgan fingerprint density at radius 3 is 2.55 bits per heavy atom. The van der Waals surface area contributed by atoms with Crippen molar-refractivity contribution in [2.24, 2.45) is 0 Å². The van der Waals surface area contributed by atoms with Crippen LogP contribution in [0, 0.1) is 0 Å². The number of hydrogen-bond donors (Lipinski definition) is 1. The molecule has 6 nitrogen and oxygen atoms in total. The summed E-state index contributed by atoms with van der Waals surface area (Å²) in [4.78, 5) is 7.98. The van der Waals surface area contributed by atoms with E-state index in [9.17, 15) is 8.42 Å². The van der Waals surface area contributed by atoms with Gasteiger partial charge in [-0.05, 0) is 31.2 Å². The summed E-state index contributed by atoms with van der Waals surface area (Å²) >= 11 is 0. The van der Waals surface area contributed by atoms with Gasteiger partial charge in [0.1, 0.15) is 11.3 Å². The smallest absolute Gasteiger partial charge is 0.176 e. The predicted octanol–water partition coefficient (Wildman–Crippen LogP) is 1.85. The van der Waals surface area contributed by atoms with Gasteiger partial charge in [0.2, 0.25) is 0 Å². The second-order valence-corrected chi connectivity index (χ2v) is 6.60. The van der Waals surface area contributed by atoms with E-state index >= 15 is 0 Å². The summed E-state index contributed by atoms with van der Waals surface area (Å²) in [5.41, 5.74) is 2.51. The van der Waals surface area contributed by atoms with Gasteiger partial charge in [-0.1, -0.05) is 0 Å². The molecule has 0 atom stereocenters. The molecule has 3 aromatic rings. The summed E-state index contributed by atoms with van der Waals surface area (Å²) in [5.74, 6) is 0.708. The molecular formula is C13H14N4O2S. The van der Waals surface area contributed by atoms with Gasteiger partial charge in [0.05, 0.1) is 11.1 Å². The fourth-order valence-electron chi connectivity index (χ4n) is 2.07. The third kappa shape index (κ3) is 2.09. The fourth-order valence-corrected chi connectivity index (χ4v) is 2.71. The van der Waals surface area contributed by atoms with Crippen molar-refractivity contribution in [2.75, 3.05) is 6.26 Å². The molecule has 0 saturated heterocycles. The molecule has 0 aliphatic rings. The monoisotopic (exact) mass is 290 g/mol. The number of rotatable bonds is 3. The summed E-state index contributed by atoms with van der Waals surface area (Å²) < 4.78 is 24.7. The molecule has 2 heterocycles. The van der Waals surface area contributed by atoms with Crippen molar-refractivity contribution in [3.8, 4) is 11.4 Å². The lowest BCUT2D eigenvalue weighted by Crippen LogP contribution is -1.97. The molecule has 2 aromatic heterocycles. The van der Waals surface area contributed by atoms with Crippen LogP contribution in [0.2, 0.25) is 0 Å². The molecule has 7 heteroatoms. The van der Waals surface area contributed by atoms with Crippen molar-refractivity contribution in [1.82, 2.24) is 19.7 Å². The largest absolute Gasteiger partial charge is 0.335 e. The van der Waals surface area contributed by atoms with Gasteiger partial charge in [-0.3, -0.25) is 0 Å². The number of imidazole rings is 1. The van der Waals surface area contributed by atoms with E-state index in [2.05, 4.69) is 15.1 Å². The minimum atomic E-state index is -3.17. The second kappa shape index (κ2) is 4.45. The van der Waals surface area contributed by atoms with E-state index in [1.165, 1.54) is 6.26 Å². The molecule has 1 aromatic carbocycles. The fraction of sp³-hybridized carbons (Fsp3) is 0.231. The van der Waals surface area contributed by atoms with Crippen LogP contribution in [-0.4, -0.2) is 34.4 Å². The summed E-state index contributed by atoms with van der Waals surface area (Å²) in [5, 5.41) is 4.20. The number of sulfone groups is 1. The summed E-state index contributed by atoms with van der Waals surface area (Å²) in [6.07, 6.45) is 2.93. The van der Waals surface area contributed by atoms with E-state index in [1.54, 1.807) is 35.1 Å². The van der Waals surface area contributed by atoms with Crippen LogP contribution in [0.5, 0.6) is 0 Å². The topological polar surface area (TPSA) is 80.6 Å². The van der Waals surface area contributed by atoms with Crippen molar-refractivity contribution >= 4 is 21.0 Å².